The lowest BCUT2D eigenvalue weighted by Gasteiger charge is -2.15. The van der Waals surface area contributed by atoms with E-state index in [4.69, 9.17) is 9.47 Å². The number of amides is 1. The van der Waals surface area contributed by atoms with Gasteiger partial charge in [-0.25, -0.2) is 4.79 Å². The Morgan fingerprint density at radius 3 is 2.45 bits per heavy atom. The Balaban J connectivity index is 1.59. The fraction of sp³-hybridized carbons (Fsp3) is 0.250. The highest BCUT2D eigenvalue weighted by atomic mass is 16.5. The summed E-state index contributed by atoms with van der Waals surface area (Å²) in [4.78, 5) is 24.9. The Bertz CT molecular complexity index is 976. The van der Waals surface area contributed by atoms with Gasteiger partial charge in [0.1, 0.15) is 5.75 Å². The molecule has 0 heterocycles. The first-order valence-corrected chi connectivity index (χ1v) is 9.81. The van der Waals surface area contributed by atoms with Crippen LogP contribution in [0.1, 0.15) is 37.0 Å². The maximum absolute atomic E-state index is 12.5. The standard InChI is InChI=1S/C24H25NO4/c1-3-4-16-28-20-14-12-19(13-15-20)24(27)29-17(2)23(26)25-22-11-7-9-18-8-5-6-10-21(18)22/h5-15,17H,3-4,16H2,1-2H3,(H,25,26)/t17-/m1/s1. The second-order valence-corrected chi connectivity index (χ2v) is 6.79. The molecule has 1 N–H and O–H groups in total. The van der Waals surface area contributed by atoms with Gasteiger partial charge < -0.3 is 14.8 Å². The SMILES string of the molecule is CCCCOc1ccc(C(=O)O[C@H](C)C(=O)Nc2cccc3ccccc23)cc1. The highest BCUT2D eigenvalue weighted by Gasteiger charge is 2.19. The second kappa shape index (κ2) is 9.73. The highest BCUT2D eigenvalue weighted by molar-refractivity contribution is 6.04. The van der Waals surface area contributed by atoms with Crippen molar-refractivity contribution in [2.45, 2.75) is 32.8 Å². The van der Waals surface area contributed by atoms with E-state index in [-0.39, 0.29) is 5.91 Å². The van der Waals surface area contributed by atoms with Crippen LogP contribution < -0.4 is 10.1 Å². The number of anilines is 1. The van der Waals surface area contributed by atoms with Gasteiger partial charge in [0.25, 0.3) is 5.91 Å². The van der Waals surface area contributed by atoms with Crippen molar-refractivity contribution in [3.05, 3.63) is 72.3 Å². The van der Waals surface area contributed by atoms with Gasteiger partial charge in [-0.15, -0.1) is 0 Å². The monoisotopic (exact) mass is 391 g/mol. The Hall–Kier alpha value is -3.34. The molecule has 29 heavy (non-hydrogen) atoms. The quantitative estimate of drug-likeness (QED) is 0.423. The van der Waals surface area contributed by atoms with Crippen molar-refractivity contribution in [1.29, 1.82) is 0 Å². The Morgan fingerprint density at radius 1 is 0.966 bits per heavy atom. The maximum atomic E-state index is 12.5. The number of nitrogens with one attached hydrogen (secondary N) is 1. The number of carbonyl (C=O) groups excluding carboxylic acids is 2. The van der Waals surface area contributed by atoms with Gasteiger partial charge in [0.15, 0.2) is 6.10 Å². The van der Waals surface area contributed by atoms with Gasteiger partial charge >= 0.3 is 5.97 Å². The fourth-order valence-corrected chi connectivity index (χ4v) is 2.87. The zero-order valence-electron chi connectivity index (χ0n) is 16.7. The first kappa shape index (κ1) is 20.4. The molecule has 3 aromatic carbocycles. The maximum Gasteiger partial charge on any atom is 0.338 e. The van der Waals surface area contributed by atoms with E-state index in [0.717, 1.165) is 23.6 Å². The molecule has 0 radical (unpaired) electrons. The number of carbonyl (C=O) groups is 2. The topological polar surface area (TPSA) is 64.6 Å². The molecule has 0 saturated carbocycles. The molecule has 0 aliphatic rings. The fourth-order valence-electron chi connectivity index (χ4n) is 2.87. The van der Waals surface area contributed by atoms with Crippen LogP contribution >= 0.6 is 0 Å². The van der Waals surface area contributed by atoms with E-state index < -0.39 is 12.1 Å². The molecule has 0 spiro atoms. The zero-order valence-corrected chi connectivity index (χ0v) is 16.7. The molecule has 0 aliphatic carbocycles. The van der Waals surface area contributed by atoms with E-state index in [9.17, 15) is 9.59 Å². The van der Waals surface area contributed by atoms with E-state index in [2.05, 4.69) is 12.2 Å². The van der Waals surface area contributed by atoms with Crippen LogP contribution in [0.5, 0.6) is 5.75 Å². The molecular weight excluding hydrogens is 366 g/mol. The van der Waals surface area contributed by atoms with Crippen LogP contribution in [0.4, 0.5) is 5.69 Å². The van der Waals surface area contributed by atoms with Crippen molar-refractivity contribution < 1.29 is 19.1 Å². The average Bonchev–Trinajstić information content (AvgIpc) is 2.74. The van der Waals surface area contributed by atoms with Gasteiger partial charge in [0.05, 0.1) is 12.2 Å². The summed E-state index contributed by atoms with van der Waals surface area (Å²) < 4.78 is 10.9. The van der Waals surface area contributed by atoms with E-state index >= 15 is 0 Å². The van der Waals surface area contributed by atoms with Crippen LogP contribution in [0.3, 0.4) is 0 Å². The summed E-state index contributed by atoms with van der Waals surface area (Å²) in [6, 6.07) is 20.2. The molecule has 5 heteroatoms. The molecule has 3 aromatic rings. The van der Waals surface area contributed by atoms with E-state index in [0.29, 0.717) is 23.6 Å². The predicted molar refractivity (Wildman–Crippen MR) is 114 cm³/mol. The lowest BCUT2D eigenvalue weighted by atomic mass is 10.1. The molecule has 1 amide bonds. The van der Waals surface area contributed by atoms with Crippen LogP contribution in [0.2, 0.25) is 0 Å². The molecular formula is C24H25NO4. The van der Waals surface area contributed by atoms with Gasteiger partial charge in [-0.05, 0) is 49.1 Å². The van der Waals surface area contributed by atoms with Crippen molar-refractivity contribution in [1.82, 2.24) is 0 Å². The summed E-state index contributed by atoms with van der Waals surface area (Å²) in [5.74, 6) is -0.225. The lowest BCUT2D eigenvalue weighted by molar-refractivity contribution is -0.123. The summed E-state index contributed by atoms with van der Waals surface area (Å²) >= 11 is 0. The number of benzene rings is 3. The van der Waals surface area contributed by atoms with Gasteiger partial charge in [0, 0.05) is 11.1 Å². The number of fused-ring (bicyclic) bond motifs is 1. The number of unbranched alkanes of at least 4 members (excludes halogenated alkanes) is 1. The number of esters is 1. The highest BCUT2D eigenvalue weighted by Crippen LogP contribution is 2.23. The smallest absolute Gasteiger partial charge is 0.338 e. The molecule has 0 aliphatic heterocycles. The Labute approximate surface area is 170 Å². The van der Waals surface area contributed by atoms with Crippen molar-refractivity contribution in [3.63, 3.8) is 0 Å². The molecule has 150 valence electrons. The van der Waals surface area contributed by atoms with Gasteiger partial charge in [-0.2, -0.15) is 0 Å². The third kappa shape index (κ3) is 5.35. The summed E-state index contributed by atoms with van der Waals surface area (Å²) in [5, 5.41) is 4.80. The van der Waals surface area contributed by atoms with Crippen LogP contribution in [-0.2, 0) is 9.53 Å². The molecule has 0 bridgehead atoms. The number of hydrogen-bond acceptors (Lipinski definition) is 4. The van der Waals surface area contributed by atoms with Gasteiger partial charge in [0.2, 0.25) is 0 Å². The number of hydrogen-bond donors (Lipinski definition) is 1. The molecule has 0 unspecified atom stereocenters. The van der Waals surface area contributed by atoms with Crippen molar-refractivity contribution in [3.8, 4) is 5.75 Å². The molecule has 0 saturated heterocycles. The van der Waals surface area contributed by atoms with Crippen LogP contribution in [0, 0.1) is 0 Å². The van der Waals surface area contributed by atoms with E-state index in [1.54, 1.807) is 31.2 Å². The van der Waals surface area contributed by atoms with Crippen LogP contribution in [0.15, 0.2) is 66.7 Å². The molecule has 5 nitrogen and oxygen atoms in total. The minimum Gasteiger partial charge on any atom is -0.494 e. The van der Waals surface area contributed by atoms with Gasteiger partial charge in [-0.1, -0.05) is 49.7 Å². The minimum absolute atomic E-state index is 0.373. The summed E-state index contributed by atoms with van der Waals surface area (Å²) in [6.07, 6.45) is 1.11. The van der Waals surface area contributed by atoms with Crippen LogP contribution in [-0.4, -0.2) is 24.6 Å². The van der Waals surface area contributed by atoms with Crippen molar-refractivity contribution in [2.24, 2.45) is 0 Å². The first-order valence-electron chi connectivity index (χ1n) is 9.81. The van der Waals surface area contributed by atoms with E-state index in [1.165, 1.54) is 0 Å². The molecule has 0 fully saturated rings. The Morgan fingerprint density at radius 2 is 1.69 bits per heavy atom. The summed E-state index contributed by atoms with van der Waals surface area (Å²) in [7, 11) is 0. The Kier molecular flexibility index (Phi) is 6.85. The molecule has 1 atom stereocenters. The number of rotatable bonds is 8. The molecule has 3 rings (SSSR count). The average molecular weight is 391 g/mol. The normalized spacial score (nSPS) is 11.7. The van der Waals surface area contributed by atoms with Crippen molar-refractivity contribution in [2.75, 3.05) is 11.9 Å². The van der Waals surface area contributed by atoms with E-state index in [1.807, 2.05) is 42.5 Å². The van der Waals surface area contributed by atoms with Crippen LogP contribution in [0.25, 0.3) is 10.8 Å². The first-order chi connectivity index (χ1) is 14.1. The zero-order chi connectivity index (χ0) is 20.6. The van der Waals surface area contributed by atoms with Crippen molar-refractivity contribution >= 4 is 28.3 Å². The summed E-state index contributed by atoms with van der Waals surface area (Å²) in [5.41, 5.74) is 1.06. The predicted octanol–water partition coefficient (Wildman–Crippen LogP) is 5.20. The lowest BCUT2D eigenvalue weighted by Crippen LogP contribution is -2.30. The van der Waals surface area contributed by atoms with Gasteiger partial charge in [-0.3, -0.25) is 4.79 Å². The minimum atomic E-state index is -0.929. The number of ether oxygens (including phenoxy) is 2. The molecule has 0 aromatic heterocycles. The second-order valence-electron chi connectivity index (χ2n) is 6.79. The summed E-state index contributed by atoms with van der Waals surface area (Å²) in [6.45, 7) is 4.30. The third-order valence-electron chi connectivity index (χ3n) is 4.56. The third-order valence-corrected chi connectivity index (χ3v) is 4.56. The largest absolute Gasteiger partial charge is 0.494 e.